The first kappa shape index (κ1) is 94.6. The zero-order chi connectivity index (χ0) is 50.7. The number of carbonyl (C=O) groups excluding carboxylic acids is 1. The molecule has 0 radical (unpaired) electrons. The molecule has 1 aromatic rings. The third-order valence-corrected chi connectivity index (χ3v) is 8.35. The first-order chi connectivity index (χ1) is 30.1. The van der Waals surface area contributed by atoms with Gasteiger partial charge in [0.05, 0.1) is 128 Å². The Kier molecular flexibility index (Phi) is 95.8. The van der Waals surface area contributed by atoms with Crippen molar-refractivity contribution in [2.24, 2.45) is 17.2 Å². The summed E-state index contributed by atoms with van der Waals surface area (Å²) >= 11 is 0. The molecule has 0 aliphatic heterocycles. The van der Waals surface area contributed by atoms with Gasteiger partial charge in [-0.15, -0.1) is 24.8 Å². The number of nitrogens with zero attached hydrogens (tertiary/aromatic N) is 3. The van der Waals surface area contributed by atoms with Crippen LogP contribution in [-0.4, -0.2) is 216 Å². The fourth-order valence-electron chi connectivity index (χ4n) is 5.13. The van der Waals surface area contributed by atoms with Gasteiger partial charge in [0.25, 0.3) is 0 Å². The number of primary amides is 1. The molecule has 0 heterocycles. The number of ether oxygens (including phenoxy) is 3. The number of hydrogen-bond donors (Lipinski definition) is 9. The molecule has 0 saturated carbocycles. The summed E-state index contributed by atoms with van der Waals surface area (Å²) in [5, 5.41) is 52.5. The fraction of sp³-hybridized carbons (Fsp3) is 0.854. The average Bonchev–Trinajstić information content (AvgIpc) is 3.22. The smallest absolute Gasteiger partial charge is 0.214 e. The molecule has 0 saturated heterocycles. The second-order valence-electron chi connectivity index (χ2n) is 17.7. The molecule has 0 bridgehead atoms. The Balaban J connectivity index is -0.0000000684. The van der Waals surface area contributed by atoms with Gasteiger partial charge in [0, 0.05) is 12.5 Å². The molecule has 428 valence electrons. The van der Waals surface area contributed by atoms with Crippen molar-refractivity contribution in [1.29, 1.82) is 0 Å². The average molecular weight is 1150 g/mol. The third kappa shape index (κ3) is 91.0. The number of unbranched alkanes of at least 4 members (excludes halogenated alkanes) is 4. The van der Waals surface area contributed by atoms with Gasteiger partial charge in [-0.25, -0.2) is 0 Å². The topological polar surface area (TPSA) is 244 Å². The van der Waals surface area contributed by atoms with Crippen LogP contribution in [0.15, 0.2) is 30.3 Å². The summed E-state index contributed by atoms with van der Waals surface area (Å²) in [6.07, 6.45) is 8.61. The van der Waals surface area contributed by atoms with E-state index in [9.17, 15) is 4.79 Å². The molecule has 12 N–H and O–H groups in total. The lowest BCUT2D eigenvalue weighted by molar-refractivity contribution is -0.929. The van der Waals surface area contributed by atoms with E-state index in [1.165, 1.54) is 94.5 Å². The molecule has 3 unspecified atom stereocenters. The van der Waals surface area contributed by atoms with Crippen molar-refractivity contribution in [2.75, 3.05) is 148 Å². The lowest BCUT2D eigenvalue weighted by atomic mass is 10.1. The lowest BCUT2D eigenvalue weighted by Crippen LogP contribution is -3.00. The number of amides is 1. The standard InChI is InChI=1S/C16H36N.C11H24O8.C10H16N.C5H14NO.C2H5NO.2C2H7N.BrH.4ClH/c1-5-9-13-17(14-10-6-2,15-11-7-3)16-12-8-4;12-3-9(15)6-17-1-2-18-8-11(5-14)19-7-10(16)4-13;1-11(2,3)9-10-7-5-4-6-8-10;1-6(2,3)4-5-7;1-2(3)4;2*1-2-3;;;;;/h5-16H2,1-4H3;9-16H,1-8H2;4-8H,9H2,1-3H3;7H,4-5H2,1-3H3;1H3,(H2,3,4);2*2-3H2,1H3;5*1H/q+1;;2*+1;;;;;;;;/p-3. The predicted molar refractivity (Wildman–Crippen MR) is 281 cm³/mol. The van der Waals surface area contributed by atoms with Crippen LogP contribution < -0.4 is 59.0 Å². The van der Waals surface area contributed by atoms with Crippen molar-refractivity contribution in [3.8, 4) is 0 Å². The maximum absolute atomic E-state index is 9.22. The molecule has 69 heavy (non-hydrogen) atoms. The fourth-order valence-corrected chi connectivity index (χ4v) is 5.13. The molecule has 1 amide bonds. The number of aliphatic hydroxyl groups excluding tert-OH is 6. The zero-order valence-corrected chi connectivity index (χ0v) is 50.4. The molecule has 0 spiro atoms. The first-order valence-electron chi connectivity index (χ1n) is 23.8. The Hall–Kier alpha value is -0.230. The van der Waals surface area contributed by atoms with E-state index in [2.05, 4.69) is 106 Å². The van der Waals surface area contributed by atoms with Gasteiger partial charge in [-0.2, -0.15) is 0 Å². The Bertz CT molecular complexity index is 1010. The molecular formula is C48H111BrCl4N6O10. The minimum absolute atomic E-state index is 0. The van der Waals surface area contributed by atoms with Gasteiger partial charge in [0.15, 0.2) is 0 Å². The molecule has 16 nitrogen and oxygen atoms in total. The maximum Gasteiger partial charge on any atom is 0.214 e. The summed E-state index contributed by atoms with van der Waals surface area (Å²) in [6.45, 7) is 23.4. The summed E-state index contributed by atoms with van der Waals surface area (Å²) in [6, 6.07) is 10.6. The van der Waals surface area contributed by atoms with Gasteiger partial charge < -0.3 is 117 Å². The van der Waals surface area contributed by atoms with Crippen LogP contribution in [-0.2, 0) is 25.5 Å². The van der Waals surface area contributed by atoms with E-state index in [0.717, 1.165) is 35.1 Å². The molecule has 21 heteroatoms. The van der Waals surface area contributed by atoms with Gasteiger partial charge in [0.1, 0.15) is 31.4 Å². The molecule has 1 rings (SSSR count). The second kappa shape index (κ2) is 69.8. The normalized spacial score (nSPS) is 11.4. The van der Waals surface area contributed by atoms with Crippen LogP contribution in [0.25, 0.3) is 0 Å². The predicted octanol–water partition coefficient (Wildman–Crippen LogP) is -5.04. The maximum atomic E-state index is 9.22. The highest BCUT2D eigenvalue weighted by Gasteiger charge is 2.24. The number of aliphatic hydroxyl groups is 6. The Labute approximate surface area is 458 Å². The van der Waals surface area contributed by atoms with E-state index in [-0.39, 0.29) is 125 Å². The van der Waals surface area contributed by atoms with Crippen LogP contribution >= 0.6 is 24.8 Å². The number of quaternary nitrogens is 3. The number of carbonyl (C=O) groups is 1. The highest BCUT2D eigenvalue weighted by atomic mass is 79.9. The van der Waals surface area contributed by atoms with Crippen molar-refractivity contribution in [3.63, 3.8) is 0 Å². The molecule has 0 aliphatic rings. The van der Waals surface area contributed by atoms with Gasteiger partial charge in [-0.1, -0.05) is 97.6 Å². The monoisotopic (exact) mass is 1150 g/mol. The summed E-state index contributed by atoms with van der Waals surface area (Å²) in [4.78, 5) is 9.22. The number of hydrogen-bond acceptors (Lipinski definition) is 12. The van der Waals surface area contributed by atoms with Crippen LogP contribution in [0.1, 0.15) is 105 Å². The van der Waals surface area contributed by atoms with E-state index < -0.39 is 24.9 Å². The molecule has 0 fully saturated rings. The van der Waals surface area contributed by atoms with E-state index in [1.807, 2.05) is 13.8 Å². The summed E-state index contributed by atoms with van der Waals surface area (Å²) in [7, 11) is 12.8. The largest absolute Gasteiger partial charge is 1.00 e. The van der Waals surface area contributed by atoms with Gasteiger partial charge in [-0.3, -0.25) is 4.79 Å². The Morgan fingerprint density at radius 1 is 0.594 bits per heavy atom. The highest BCUT2D eigenvalue weighted by Crippen LogP contribution is 2.16. The van der Waals surface area contributed by atoms with Crippen molar-refractivity contribution in [3.05, 3.63) is 35.9 Å². The minimum Gasteiger partial charge on any atom is -1.00 e. The van der Waals surface area contributed by atoms with Crippen LogP contribution in [0.5, 0.6) is 0 Å². The van der Waals surface area contributed by atoms with Gasteiger partial charge >= 0.3 is 0 Å². The number of benzene rings is 1. The molecular weight excluding hydrogens is 1040 g/mol. The van der Waals surface area contributed by atoms with E-state index in [0.29, 0.717) is 0 Å². The molecule has 3 atom stereocenters. The van der Waals surface area contributed by atoms with Crippen LogP contribution in [0.3, 0.4) is 0 Å². The van der Waals surface area contributed by atoms with Crippen molar-refractivity contribution in [2.45, 2.75) is 125 Å². The van der Waals surface area contributed by atoms with E-state index >= 15 is 0 Å². The summed E-state index contributed by atoms with van der Waals surface area (Å²) < 4.78 is 18.5. The molecule has 0 aromatic heterocycles. The first-order valence-corrected chi connectivity index (χ1v) is 23.8. The van der Waals surface area contributed by atoms with E-state index in [4.69, 9.17) is 56.3 Å². The zero-order valence-electron chi connectivity index (χ0n) is 45.6. The number of rotatable bonds is 29. The number of halogens is 5. The summed E-state index contributed by atoms with van der Waals surface area (Å²) in [5.74, 6) is -0.333. The van der Waals surface area contributed by atoms with Gasteiger partial charge in [-0.05, 0) is 38.8 Å². The van der Waals surface area contributed by atoms with Gasteiger partial charge in [0.2, 0.25) is 5.91 Å². The van der Waals surface area contributed by atoms with E-state index in [1.54, 1.807) is 0 Å². The van der Waals surface area contributed by atoms with Crippen molar-refractivity contribution < 1.29 is 105 Å². The Morgan fingerprint density at radius 2 is 0.928 bits per heavy atom. The van der Waals surface area contributed by atoms with Crippen LogP contribution in [0.4, 0.5) is 0 Å². The molecule has 0 aliphatic carbocycles. The minimum atomic E-state index is -0.975. The number of nitrogens with two attached hydrogens (primary N) is 3. The Morgan fingerprint density at radius 3 is 1.19 bits per heavy atom. The number of likely N-dealkylation sites (N-methyl/N-ethyl adjacent to an activating group) is 1. The van der Waals surface area contributed by atoms with Crippen LogP contribution in [0.2, 0.25) is 0 Å². The van der Waals surface area contributed by atoms with Crippen LogP contribution in [0, 0.1) is 0 Å². The second-order valence-corrected chi connectivity index (χ2v) is 17.7. The lowest BCUT2D eigenvalue weighted by Gasteiger charge is -2.39. The van der Waals surface area contributed by atoms with Crippen molar-refractivity contribution in [1.82, 2.24) is 0 Å². The summed E-state index contributed by atoms with van der Waals surface area (Å²) in [5.41, 5.74) is 15.6. The highest BCUT2D eigenvalue weighted by molar-refractivity contribution is 5.85. The SMILES string of the molecule is CC(N)=O.CCCC[N+](CCCC)(CCCC)CCCC.CCN.CCN.C[N+](C)(C)CCO.C[N+](C)(C)Cc1ccccc1.Cl.Cl.OCC(O)COCCOCC(CO)OCC(O)CO.[Br-].[Cl-].[Cl-]. The molecule has 1 aromatic carbocycles. The third-order valence-electron chi connectivity index (χ3n) is 8.35. The quantitative estimate of drug-likeness (QED) is 0.0271. The van der Waals surface area contributed by atoms with Crippen molar-refractivity contribution >= 4 is 30.7 Å².